The molecule has 0 fully saturated rings. The van der Waals surface area contributed by atoms with Crippen LogP contribution in [0.4, 0.5) is 0 Å². The van der Waals surface area contributed by atoms with Gasteiger partial charge in [-0.1, -0.05) is 0 Å². The summed E-state index contributed by atoms with van der Waals surface area (Å²) in [5.74, 6) is 0. The van der Waals surface area contributed by atoms with Crippen molar-refractivity contribution in [2.45, 2.75) is 12.8 Å². The maximum absolute atomic E-state index is 8.46. The number of rotatable bonds is 4. The lowest BCUT2D eigenvalue weighted by Crippen LogP contribution is -3.00. The minimum Gasteiger partial charge on any atom is -1.00 e. The number of unbranched alkanes of at least 4 members (excludes halogenated alkanes) is 1. The Morgan fingerprint density at radius 1 is 1.10 bits per heavy atom. The molecule has 0 aromatic rings. The number of quaternary nitrogens is 1. The highest BCUT2D eigenvalue weighted by atomic mass is 79.9. The molecule has 3 heteroatoms. The van der Waals surface area contributed by atoms with E-state index in [0.29, 0.717) is 6.61 Å². The van der Waals surface area contributed by atoms with Gasteiger partial charge in [-0.25, -0.2) is 0 Å². The lowest BCUT2D eigenvalue weighted by molar-refractivity contribution is -0.870. The third-order valence-corrected chi connectivity index (χ3v) is 1.24. The van der Waals surface area contributed by atoms with Gasteiger partial charge in [-0.2, -0.15) is 0 Å². The van der Waals surface area contributed by atoms with Crippen LogP contribution in [0.15, 0.2) is 0 Å². The third kappa shape index (κ3) is 11.2. The SMILES string of the molecule is C[N+](C)(C)CCCCO.[Br-]. The Morgan fingerprint density at radius 2 is 1.60 bits per heavy atom. The van der Waals surface area contributed by atoms with E-state index >= 15 is 0 Å². The monoisotopic (exact) mass is 211 g/mol. The van der Waals surface area contributed by atoms with Crippen molar-refractivity contribution < 1.29 is 26.6 Å². The average molecular weight is 212 g/mol. The molecule has 0 saturated carbocycles. The highest BCUT2D eigenvalue weighted by Crippen LogP contribution is 1.95. The van der Waals surface area contributed by atoms with Crippen LogP contribution < -0.4 is 17.0 Å². The molecule has 1 N–H and O–H groups in total. The fourth-order valence-electron chi connectivity index (χ4n) is 0.698. The zero-order chi connectivity index (χ0) is 7.33. The Balaban J connectivity index is 0. The summed E-state index contributed by atoms with van der Waals surface area (Å²) in [5, 5.41) is 8.46. The van der Waals surface area contributed by atoms with Crippen LogP contribution in [-0.2, 0) is 0 Å². The van der Waals surface area contributed by atoms with Gasteiger partial charge in [0.2, 0.25) is 0 Å². The van der Waals surface area contributed by atoms with Crippen LogP contribution in [0.5, 0.6) is 0 Å². The third-order valence-electron chi connectivity index (χ3n) is 1.24. The largest absolute Gasteiger partial charge is 1.00 e. The first-order valence-electron chi connectivity index (χ1n) is 3.47. The van der Waals surface area contributed by atoms with E-state index in [0.717, 1.165) is 23.9 Å². The fraction of sp³-hybridized carbons (Fsp3) is 1.00. The first-order valence-corrected chi connectivity index (χ1v) is 3.47. The van der Waals surface area contributed by atoms with Gasteiger partial charge < -0.3 is 26.6 Å². The van der Waals surface area contributed by atoms with E-state index in [2.05, 4.69) is 21.1 Å². The smallest absolute Gasteiger partial charge is 0.0781 e. The van der Waals surface area contributed by atoms with E-state index in [9.17, 15) is 0 Å². The molecule has 0 aliphatic heterocycles. The van der Waals surface area contributed by atoms with E-state index in [4.69, 9.17) is 5.11 Å². The van der Waals surface area contributed by atoms with Crippen molar-refractivity contribution in [3.63, 3.8) is 0 Å². The van der Waals surface area contributed by atoms with Crippen molar-refractivity contribution in [2.24, 2.45) is 0 Å². The van der Waals surface area contributed by atoms with Crippen molar-refractivity contribution in [3.05, 3.63) is 0 Å². The lowest BCUT2D eigenvalue weighted by Gasteiger charge is -2.23. The van der Waals surface area contributed by atoms with Crippen molar-refractivity contribution in [2.75, 3.05) is 34.3 Å². The second-order valence-corrected chi connectivity index (χ2v) is 3.44. The number of aliphatic hydroxyl groups is 1. The maximum atomic E-state index is 8.46. The van der Waals surface area contributed by atoms with Crippen LogP contribution in [0.3, 0.4) is 0 Å². The van der Waals surface area contributed by atoms with Crippen molar-refractivity contribution in [3.8, 4) is 0 Å². The van der Waals surface area contributed by atoms with Gasteiger partial charge in [-0.3, -0.25) is 0 Å². The molecule has 0 heterocycles. The zero-order valence-electron chi connectivity index (χ0n) is 7.10. The van der Waals surface area contributed by atoms with E-state index in [1.54, 1.807) is 0 Å². The lowest BCUT2D eigenvalue weighted by atomic mass is 10.3. The van der Waals surface area contributed by atoms with Crippen molar-refractivity contribution in [1.29, 1.82) is 0 Å². The Labute approximate surface area is 74.2 Å². The van der Waals surface area contributed by atoms with E-state index in [-0.39, 0.29) is 17.0 Å². The topological polar surface area (TPSA) is 20.2 Å². The van der Waals surface area contributed by atoms with Crippen LogP contribution in [0.2, 0.25) is 0 Å². The summed E-state index contributed by atoms with van der Waals surface area (Å²) >= 11 is 0. The zero-order valence-corrected chi connectivity index (χ0v) is 8.69. The first-order chi connectivity index (χ1) is 4.06. The van der Waals surface area contributed by atoms with Crippen LogP contribution in [0, 0.1) is 0 Å². The van der Waals surface area contributed by atoms with Gasteiger partial charge in [0.1, 0.15) is 0 Å². The minimum absolute atomic E-state index is 0. The van der Waals surface area contributed by atoms with Crippen molar-refractivity contribution >= 4 is 0 Å². The summed E-state index contributed by atoms with van der Waals surface area (Å²) in [6.07, 6.45) is 2.06. The van der Waals surface area contributed by atoms with Crippen LogP contribution in [-0.4, -0.2) is 43.9 Å². The van der Waals surface area contributed by atoms with E-state index in [1.165, 1.54) is 0 Å². The van der Waals surface area contributed by atoms with Crippen LogP contribution in [0.1, 0.15) is 12.8 Å². The molecule has 0 unspecified atom stereocenters. The highest BCUT2D eigenvalue weighted by Gasteiger charge is 2.04. The predicted octanol–water partition coefficient (Wildman–Crippen LogP) is -2.53. The maximum Gasteiger partial charge on any atom is 0.0781 e. The number of halogens is 1. The molecule has 64 valence electrons. The van der Waals surface area contributed by atoms with Gasteiger partial charge in [0.25, 0.3) is 0 Å². The molecule has 0 atom stereocenters. The number of hydrogen-bond acceptors (Lipinski definition) is 1. The van der Waals surface area contributed by atoms with Gasteiger partial charge in [0, 0.05) is 6.61 Å². The van der Waals surface area contributed by atoms with Crippen LogP contribution in [0.25, 0.3) is 0 Å². The minimum atomic E-state index is 0. The summed E-state index contributed by atoms with van der Waals surface area (Å²) < 4.78 is 1.00. The molecule has 0 radical (unpaired) electrons. The molecule has 0 aliphatic rings. The molecule has 10 heavy (non-hydrogen) atoms. The van der Waals surface area contributed by atoms with Gasteiger partial charge >= 0.3 is 0 Å². The Bertz CT molecular complexity index is 70.5. The standard InChI is InChI=1S/C7H18NO.BrH/c1-8(2,3)6-4-5-7-9;/h9H,4-7H2,1-3H3;1H/q+1;/p-1. The van der Waals surface area contributed by atoms with E-state index in [1.807, 2.05) is 0 Å². The molecule has 0 spiro atoms. The molecule has 0 aromatic carbocycles. The van der Waals surface area contributed by atoms with Gasteiger partial charge in [-0.05, 0) is 12.8 Å². The van der Waals surface area contributed by atoms with E-state index < -0.39 is 0 Å². The first kappa shape index (κ1) is 13.0. The summed E-state index contributed by atoms with van der Waals surface area (Å²) in [6, 6.07) is 0. The molecule has 0 rings (SSSR count). The van der Waals surface area contributed by atoms with Gasteiger partial charge in [-0.15, -0.1) is 0 Å². The molecule has 0 aromatic heterocycles. The van der Waals surface area contributed by atoms with Gasteiger partial charge in [0.05, 0.1) is 27.7 Å². The quantitative estimate of drug-likeness (QED) is 0.402. The molecule has 2 nitrogen and oxygen atoms in total. The molecule has 0 bridgehead atoms. The average Bonchev–Trinajstić information content (AvgIpc) is 1.63. The normalized spacial score (nSPS) is 10.8. The fourth-order valence-corrected chi connectivity index (χ4v) is 0.698. The Hall–Kier alpha value is 0.400. The summed E-state index contributed by atoms with van der Waals surface area (Å²) in [6.45, 7) is 1.49. The number of hydrogen-bond donors (Lipinski definition) is 1. The number of aliphatic hydroxyl groups excluding tert-OH is 1. The second kappa shape index (κ2) is 6.13. The molecule has 0 saturated heterocycles. The van der Waals surface area contributed by atoms with Crippen molar-refractivity contribution in [1.82, 2.24) is 0 Å². The second-order valence-electron chi connectivity index (χ2n) is 3.44. The summed E-state index contributed by atoms with van der Waals surface area (Å²) in [7, 11) is 6.49. The highest BCUT2D eigenvalue weighted by molar-refractivity contribution is 4.34. The summed E-state index contributed by atoms with van der Waals surface area (Å²) in [5.41, 5.74) is 0. The number of nitrogens with zero attached hydrogens (tertiary/aromatic N) is 1. The Morgan fingerprint density at radius 3 is 1.90 bits per heavy atom. The van der Waals surface area contributed by atoms with Gasteiger partial charge in [0.15, 0.2) is 0 Å². The Kier molecular flexibility index (Phi) is 7.99. The van der Waals surface area contributed by atoms with Crippen LogP contribution >= 0.6 is 0 Å². The molecular weight excluding hydrogens is 194 g/mol. The molecule has 0 amide bonds. The predicted molar refractivity (Wildman–Crippen MR) is 39.2 cm³/mol. The molecule has 0 aliphatic carbocycles. The molecular formula is C7H18BrNO. The summed E-state index contributed by atoms with van der Waals surface area (Å²) in [4.78, 5) is 0.